The van der Waals surface area contributed by atoms with Gasteiger partial charge in [-0.25, -0.2) is 0 Å². The molecule has 0 aliphatic heterocycles. The number of carbonyl (C=O) groups excluding carboxylic acids is 1. The molecule has 1 amide bonds. The van der Waals surface area contributed by atoms with Gasteiger partial charge in [-0.2, -0.15) is 5.26 Å². The third-order valence-electron chi connectivity index (χ3n) is 3.20. The summed E-state index contributed by atoms with van der Waals surface area (Å²) in [7, 11) is 1.94. The molecule has 1 aliphatic rings. The lowest BCUT2D eigenvalue weighted by Gasteiger charge is -2.33. The molecule has 0 spiro atoms. The highest BCUT2D eigenvalue weighted by molar-refractivity contribution is 5.86. The maximum Gasteiger partial charge on any atom is 0.240 e. The fourth-order valence-electron chi connectivity index (χ4n) is 1.94. The molecule has 0 atom stereocenters. The van der Waals surface area contributed by atoms with Gasteiger partial charge < -0.3 is 9.88 Å². The molecule has 0 saturated heterocycles. The van der Waals surface area contributed by atoms with Crippen molar-refractivity contribution < 1.29 is 4.79 Å². The summed E-state index contributed by atoms with van der Waals surface area (Å²) in [5.41, 5.74) is 0.317. The van der Waals surface area contributed by atoms with Gasteiger partial charge in [-0.15, -0.1) is 0 Å². The fourth-order valence-corrected chi connectivity index (χ4v) is 1.94. The second-order valence-electron chi connectivity index (χ2n) is 4.42. The third-order valence-corrected chi connectivity index (χ3v) is 3.20. The number of nitriles is 1. The number of amides is 1. The van der Waals surface area contributed by atoms with Crippen LogP contribution >= 0.6 is 0 Å². The van der Waals surface area contributed by atoms with Crippen LogP contribution in [0, 0.1) is 16.7 Å². The van der Waals surface area contributed by atoms with Crippen LogP contribution in [0.15, 0.2) is 18.5 Å². The zero-order chi connectivity index (χ0) is 11.6. The Bertz CT molecular complexity index is 437. The molecule has 84 valence electrons. The van der Waals surface area contributed by atoms with E-state index in [2.05, 4.69) is 11.4 Å². The molecule has 2 rings (SSSR count). The molecule has 1 aliphatic carbocycles. The normalized spacial score (nSPS) is 17.2. The Morgan fingerprint density at radius 1 is 1.69 bits per heavy atom. The quantitative estimate of drug-likeness (QED) is 0.830. The van der Waals surface area contributed by atoms with Gasteiger partial charge in [0.25, 0.3) is 0 Å². The number of aryl methyl sites for hydroxylation is 1. The van der Waals surface area contributed by atoms with E-state index in [1.165, 1.54) is 0 Å². The Hall–Kier alpha value is -1.76. The van der Waals surface area contributed by atoms with Gasteiger partial charge in [-0.3, -0.25) is 4.79 Å². The molecule has 1 aromatic rings. The summed E-state index contributed by atoms with van der Waals surface area (Å²) in [4.78, 5) is 11.8. The first-order valence-electron chi connectivity index (χ1n) is 5.47. The van der Waals surface area contributed by atoms with E-state index in [9.17, 15) is 4.79 Å². The molecule has 16 heavy (non-hydrogen) atoms. The molecule has 1 aromatic heterocycles. The van der Waals surface area contributed by atoms with Crippen molar-refractivity contribution in [1.29, 1.82) is 5.26 Å². The van der Waals surface area contributed by atoms with Crippen LogP contribution in [0.1, 0.15) is 24.8 Å². The Morgan fingerprint density at radius 3 is 2.88 bits per heavy atom. The van der Waals surface area contributed by atoms with Crippen molar-refractivity contribution in [3.05, 3.63) is 24.0 Å². The molecule has 0 radical (unpaired) electrons. The number of nitrogens with one attached hydrogen (secondary N) is 1. The Balaban J connectivity index is 1.91. The molecular weight excluding hydrogens is 202 g/mol. The van der Waals surface area contributed by atoms with Crippen LogP contribution in [0.4, 0.5) is 0 Å². The van der Waals surface area contributed by atoms with Crippen LogP contribution in [-0.2, 0) is 18.4 Å². The lowest BCUT2D eigenvalue weighted by atomic mass is 9.69. The second-order valence-corrected chi connectivity index (χ2v) is 4.42. The topological polar surface area (TPSA) is 57.8 Å². The summed E-state index contributed by atoms with van der Waals surface area (Å²) >= 11 is 0. The number of rotatable bonds is 3. The van der Waals surface area contributed by atoms with E-state index in [1.54, 1.807) is 0 Å². The van der Waals surface area contributed by atoms with Gasteiger partial charge in [-0.05, 0) is 30.9 Å². The van der Waals surface area contributed by atoms with Crippen molar-refractivity contribution in [2.75, 3.05) is 0 Å². The minimum atomic E-state index is -0.741. The Morgan fingerprint density at radius 2 is 2.44 bits per heavy atom. The zero-order valence-electron chi connectivity index (χ0n) is 9.36. The lowest BCUT2D eigenvalue weighted by molar-refractivity contribution is -0.131. The number of hydrogen-bond donors (Lipinski definition) is 1. The summed E-state index contributed by atoms with van der Waals surface area (Å²) in [6, 6.07) is 4.10. The van der Waals surface area contributed by atoms with E-state index in [-0.39, 0.29) is 5.91 Å². The van der Waals surface area contributed by atoms with E-state index in [1.807, 2.05) is 30.1 Å². The van der Waals surface area contributed by atoms with Crippen LogP contribution < -0.4 is 5.32 Å². The molecule has 1 saturated carbocycles. The largest absolute Gasteiger partial charge is 0.357 e. The van der Waals surface area contributed by atoms with Crippen molar-refractivity contribution in [3.63, 3.8) is 0 Å². The first kappa shape index (κ1) is 10.7. The SMILES string of the molecule is Cn1ccc(CNC(=O)C2(C#N)CCC2)c1. The smallest absolute Gasteiger partial charge is 0.240 e. The van der Waals surface area contributed by atoms with Gasteiger partial charge in [0.15, 0.2) is 0 Å². The van der Waals surface area contributed by atoms with Crippen LogP contribution in [0.25, 0.3) is 0 Å². The molecular formula is C12H15N3O. The highest BCUT2D eigenvalue weighted by atomic mass is 16.2. The second kappa shape index (κ2) is 4.01. The summed E-state index contributed by atoms with van der Waals surface area (Å²) < 4.78 is 1.94. The average Bonchev–Trinajstić information content (AvgIpc) is 2.60. The number of hydrogen-bond acceptors (Lipinski definition) is 2. The fraction of sp³-hybridized carbons (Fsp3) is 0.500. The first-order valence-corrected chi connectivity index (χ1v) is 5.47. The minimum Gasteiger partial charge on any atom is -0.357 e. The van der Waals surface area contributed by atoms with Crippen molar-refractivity contribution >= 4 is 5.91 Å². The molecule has 0 aromatic carbocycles. The van der Waals surface area contributed by atoms with Crippen LogP contribution in [0.3, 0.4) is 0 Å². The molecule has 4 heteroatoms. The molecule has 1 fully saturated rings. The van der Waals surface area contributed by atoms with Crippen molar-refractivity contribution in [2.24, 2.45) is 12.5 Å². The molecule has 4 nitrogen and oxygen atoms in total. The number of nitrogens with zero attached hydrogens (tertiary/aromatic N) is 2. The highest BCUT2D eigenvalue weighted by Crippen LogP contribution is 2.40. The predicted molar refractivity (Wildman–Crippen MR) is 59.2 cm³/mol. The maximum atomic E-state index is 11.8. The number of carbonyl (C=O) groups is 1. The van der Waals surface area contributed by atoms with Gasteiger partial charge in [0.2, 0.25) is 5.91 Å². The summed E-state index contributed by atoms with van der Waals surface area (Å²) in [5, 5.41) is 11.8. The standard InChI is InChI=1S/C12H15N3O/c1-15-6-3-10(8-15)7-14-11(16)12(9-13)4-2-5-12/h3,6,8H,2,4-5,7H2,1H3,(H,14,16). The van der Waals surface area contributed by atoms with Crippen LogP contribution in [0.5, 0.6) is 0 Å². The first-order chi connectivity index (χ1) is 7.66. The van der Waals surface area contributed by atoms with Crippen molar-refractivity contribution in [1.82, 2.24) is 9.88 Å². The van der Waals surface area contributed by atoms with Gasteiger partial charge >= 0.3 is 0 Å². The number of aromatic nitrogens is 1. The van der Waals surface area contributed by atoms with Gasteiger partial charge in [0, 0.05) is 26.0 Å². The van der Waals surface area contributed by atoms with E-state index >= 15 is 0 Å². The summed E-state index contributed by atoms with van der Waals surface area (Å²) in [6.07, 6.45) is 6.27. The Labute approximate surface area is 94.9 Å². The molecule has 1 N–H and O–H groups in total. The third kappa shape index (κ3) is 1.81. The van der Waals surface area contributed by atoms with E-state index < -0.39 is 5.41 Å². The lowest BCUT2D eigenvalue weighted by Crippen LogP contribution is -2.44. The molecule has 1 heterocycles. The predicted octanol–water partition coefficient (Wildman–Crippen LogP) is 1.34. The highest BCUT2D eigenvalue weighted by Gasteiger charge is 2.44. The summed E-state index contributed by atoms with van der Waals surface area (Å²) in [5.74, 6) is -0.120. The minimum absolute atomic E-state index is 0.120. The van der Waals surface area contributed by atoms with Crippen molar-refractivity contribution in [2.45, 2.75) is 25.8 Å². The molecule has 0 unspecified atom stereocenters. The summed E-state index contributed by atoms with van der Waals surface area (Å²) in [6.45, 7) is 0.503. The monoisotopic (exact) mass is 217 g/mol. The van der Waals surface area contributed by atoms with Gasteiger partial charge in [0.1, 0.15) is 5.41 Å². The maximum absolute atomic E-state index is 11.8. The zero-order valence-corrected chi connectivity index (χ0v) is 9.36. The van der Waals surface area contributed by atoms with Crippen LogP contribution in [-0.4, -0.2) is 10.5 Å². The van der Waals surface area contributed by atoms with Crippen LogP contribution in [0.2, 0.25) is 0 Å². The van der Waals surface area contributed by atoms with Gasteiger partial charge in [0.05, 0.1) is 6.07 Å². The Kier molecular flexibility index (Phi) is 2.69. The van der Waals surface area contributed by atoms with E-state index in [0.717, 1.165) is 12.0 Å². The van der Waals surface area contributed by atoms with Crippen molar-refractivity contribution in [3.8, 4) is 6.07 Å². The molecule has 0 bridgehead atoms. The van der Waals surface area contributed by atoms with E-state index in [0.29, 0.717) is 19.4 Å². The average molecular weight is 217 g/mol. The van der Waals surface area contributed by atoms with E-state index in [4.69, 9.17) is 5.26 Å². The van der Waals surface area contributed by atoms with Gasteiger partial charge in [-0.1, -0.05) is 0 Å².